The van der Waals surface area contributed by atoms with Crippen LogP contribution in [-0.2, 0) is 30.3 Å². The molecule has 0 aliphatic carbocycles. The summed E-state index contributed by atoms with van der Waals surface area (Å²) in [5, 5.41) is 1.97. The number of thiophene rings is 1. The van der Waals surface area contributed by atoms with E-state index in [1.165, 1.54) is 9.80 Å². The molecule has 0 bridgehead atoms. The number of fused-ring (bicyclic) bond motifs is 1. The van der Waals surface area contributed by atoms with Gasteiger partial charge in [-0.1, -0.05) is 17.9 Å². The number of methoxy groups -OCH3 is 1. The highest BCUT2D eigenvalue weighted by Gasteiger charge is 2.42. The molecule has 1 aliphatic heterocycles. The minimum atomic E-state index is -1.03. The van der Waals surface area contributed by atoms with Gasteiger partial charge in [0.1, 0.15) is 12.4 Å². The van der Waals surface area contributed by atoms with Crippen LogP contribution in [0.2, 0.25) is 0 Å². The number of carbonyl (C=O) groups excluding carboxylic acids is 3. The third kappa shape index (κ3) is 7.84. The van der Waals surface area contributed by atoms with E-state index in [9.17, 15) is 14.4 Å². The van der Waals surface area contributed by atoms with Gasteiger partial charge in [-0.15, -0.1) is 11.3 Å². The van der Waals surface area contributed by atoms with Crippen molar-refractivity contribution in [2.75, 3.05) is 40.0 Å². The first kappa shape index (κ1) is 30.7. The molecule has 1 atom stereocenters. The van der Waals surface area contributed by atoms with Gasteiger partial charge in [0, 0.05) is 25.2 Å². The second kappa shape index (κ2) is 14.0. The molecule has 1 aromatic heterocycles. The summed E-state index contributed by atoms with van der Waals surface area (Å²) in [4.78, 5) is 44.2. The van der Waals surface area contributed by atoms with Crippen LogP contribution in [0.4, 0.5) is 0 Å². The maximum absolute atomic E-state index is 13.7. The van der Waals surface area contributed by atoms with Crippen LogP contribution in [0.25, 0.3) is 0 Å². The van der Waals surface area contributed by atoms with Crippen molar-refractivity contribution in [2.24, 2.45) is 0 Å². The maximum atomic E-state index is 13.7. The summed E-state index contributed by atoms with van der Waals surface area (Å²) in [6, 6.07) is 6.48. The van der Waals surface area contributed by atoms with Crippen molar-refractivity contribution in [2.45, 2.75) is 52.1 Å². The van der Waals surface area contributed by atoms with E-state index in [2.05, 4.69) is 27.8 Å². The van der Waals surface area contributed by atoms with Crippen LogP contribution in [0.1, 0.15) is 56.2 Å². The summed E-state index contributed by atoms with van der Waals surface area (Å²) in [5.74, 6) is 4.68. The first-order valence-corrected chi connectivity index (χ1v) is 14.5. The van der Waals surface area contributed by atoms with E-state index in [0.29, 0.717) is 41.8 Å². The Morgan fingerprint density at radius 3 is 2.67 bits per heavy atom. The van der Waals surface area contributed by atoms with Crippen molar-refractivity contribution in [3.05, 3.63) is 50.1 Å². The number of nitrogens with zero attached hydrogens (tertiary/aromatic N) is 2. The molecule has 10 heteroatoms. The molecule has 1 unspecified atom stereocenters. The second-order valence-electron chi connectivity index (χ2n) is 9.90. The van der Waals surface area contributed by atoms with Crippen LogP contribution >= 0.6 is 27.3 Å². The molecule has 39 heavy (non-hydrogen) atoms. The van der Waals surface area contributed by atoms with Crippen LogP contribution in [0.3, 0.4) is 0 Å². The average molecular weight is 620 g/mol. The van der Waals surface area contributed by atoms with Gasteiger partial charge < -0.3 is 24.0 Å². The lowest BCUT2D eigenvalue weighted by Gasteiger charge is -2.39. The van der Waals surface area contributed by atoms with Gasteiger partial charge in [-0.3, -0.25) is 9.59 Å². The van der Waals surface area contributed by atoms with E-state index in [1.54, 1.807) is 31.4 Å². The summed E-state index contributed by atoms with van der Waals surface area (Å²) in [5.41, 5.74) is 0.874. The number of ether oxygens (including phenoxy) is 3. The Morgan fingerprint density at radius 1 is 1.26 bits per heavy atom. The average Bonchev–Trinajstić information content (AvgIpc) is 3.41. The van der Waals surface area contributed by atoms with Crippen LogP contribution in [0, 0.1) is 11.8 Å². The summed E-state index contributed by atoms with van der Waals surface area (Å²) in [6.45, 7) is 8.71. The first-order chi connectivity index (χ1) is 18.6. The van der Waals surface area contributed by atoms with E-state index < -0.39 is 29.4 Å². The van der Waals surface area contributed by atoms with Gasteiger partial charge in [0.25, 0.3) is 0 Å². The number of esters is 1. The largest absolute Gasteiger partial charge is 0.496 e. The Balaban J connectivity index is 1.72. The lowest BCUT2D eigenvalue weighted by Crippen LogP contribution is -2.55. The van der Waals surface area contributed by atoms with E-state index in [4.69, 9.17) is 14.2 Å². The molecule has 8 nitrogen and oxygen atoms in total. The van der Waals surface area contributed by atoms with Gasteiger partial charge in [0.05, 0.1) is 23.1 Å². The minimum absolute atomic E-state index is 0.157. The summed E-state index contributed by atoms with van der Waals surface area (Å²) in [6.07, 6.45) is 1.01. The van der Waals surface area contributed by atoms with Gasteiger partial charge in [-0.05, 0) is 91.2 Å². The molecule has 2 amide bonds. The van der Waals surface area contributed by atoms with Crippen LogP contribution in [-0.4, -0.2) is 73.1 Å². The maximum Gasteiger partial charge on any atom is 0.333 e. The predicted molar refractivity (Wildman–Crippen MR) is 154 cm³/mol. The van der Waals surface area contributed by atoms with Gasteiger partial charge in [0.15, 0.2) is 6.04 Å². The molecular formula is C29H35BrN2O6S. The predicted octanol–water partition coefficient (Wildman–Crippen LogP) is 4.59. The van der Waals surface area contributed by atoms with Crippen molar-refractivity contribution < 1.29 is 28.6 Å². The highest BCUT2D eigenvalue weighted by Crippen LogP contribution is 2.37. The number of amides is 2. The first-order valence-electron chi connectivity index (χ1n) is 12.8. The minimum Gasteiger partial charge on any atom is -0.496 e. The Morgan fingerprint density at radius 2 is 2.03 bits per heavy atom. The lowest BCUT2D eigenvalue weighted by molar-refractivity contribution is -0.162. The van der Waals surface area contributed by atoms with Crippen molar-refractivity contribution >= 4 is 45.1 Å². The van der Waals surface area contributed by atoms with Gasteiger partial charge in [-0.2, -0.15) is 0 Å². The molecule has 0 saturated carbocycles. The van der Waals surface area contributed by atoms with Crippen LogP contribution < -0.4 is 4.74 Å². The summed E-state index contributed by atoms with van der Waals surface area (Å²) in [7, 11) is 1.57. The molecule has 1 aliphatic rings. The molecule has 0 spiro atoms. The van der Waals surface area contributed by atoms with Gasteiger partial charge in [0.2, 0.25) is 0 Å². The molecule has 0 fully saturated rings. The van der Waals surface area contributed by atoms with E-state index in [0.717, 1.165) is 10.4 Å². The highest BCUT2D eigenvalue weighted by molar-refractivity contribution is 9.10. The van der Waals surface area contributed by atoms with Gasteiger partial charge >= 0.3 is 17.8 Å². The number of halogens is 1. The van der Waals surface area contributed by atoms with E-state index in [1.807, 2.05) is 44.4 Å². The quantitative estimate of drug-likeness (QED) is 0.186. The molecule has 2 heterocycles. The van der Waals surface area contributed by atoms with Crippen molar-refractivity contribution in [1.82, 2.24) is 9.80 Å². The number of benzene rings is 1. The Labute approximate surface area is 242 Å². The van der Waals surface area contributed by atoms with Crippen molar-refractivity contribution in [3.8, 4) is 17.6 Å². The molecule has 0 saturated heterocycles. The lowest BCUT2D eigenvalue weighted by atomic mass is 9.92. The number of carbonyl (C=O) groups is 3. The fourth-order valence-electron chi connectivity index (χ4n) is 4.37. The topological polar surface area (TPSA) is 85.4 Å². The van der Waals surface area contributed by atoms with Crippen LogP contribution in [0.5, 0.6) is 5.75 Å². The van der Waals surface area contributed by atoms with Crippen molar-refractivity contribution in [1.29, 1.82) is 0 Å². The molecule has 2 aromatic rings. The van der Waals surface area contributed by atoms with Gasteiger partial charge in [-0.25, -0.2) is 4.79 Å². The summed E-state index contributed by atoms with van der Waals surface area (Å²) >= 11 is 5.04. The SMILES string of the molecule is CCOC(=O)C1c2cc(Br)c(OC)cc2CCN1C(=O)C(=O)N(CCCOCC#Cc1cccs1)C(C)(C)C. The monoisotopic (exact) mass is 618 g/mol. The highest BCUT2D eigenvalue weighted by atomic mass is 79.9. The van der Waals surface area contributed by atoms with E-state index in [-0.39, 0.29) is 19.8 Å². The normalized spacial score (nSPS) is 14.6. The van der Waals surface area contributed by atoms with Crippen molar-refractivity contribution in [3.63, 3.8) is 0 Å². The van der Waals surface area contributed by atoms with E-state index >= 15 is 0 Å². The molecule has 0 N–H and O–H groups in total. The zero-order chi connectivity index (χ0) is 28.6. The smallest absolute Gasteiger partial charge is 0.333 e. The third-order valence-corrected chi connectivity index (χ3v) is 7.63. The molecular weight excluding hydrogens is 584 g/mol. The zero-order valence-corrected chi connectivity index (χ0v) is 25.4. The Kier molecular flexibility index (Phi) is 11.0. The Hall–Kier alpha value is -2.87. The standard InChI is InChI=1S/C29H35BrN2O6S/c1-6-38-28(35)25-22-19-23(30)24(36-5)18-20(22)12-14-31(25)26(33)27(34)32(29(2,3)4)13-9-16-37-15-7-10-21-11-8-17-39-21/h8,11,17-19,25H,6,9,12-16H2,1-5H3. The second-order valence-corrected chi connectivity index (χ2v) is 11.7. The fourth-order valence-corrected chi connectivity index (χ4v) is 5.49. The molecule has 210 valence electrons. The molecule has 1 aromatic carbocycles. The number of rotatable bonds is 8. The number of hydrogen-bond donors (Lipinski definition) is 0. The fraction of sp³-hybridized carbons (Fsp3) is 0.483. The number of hydrogen-bond acceptors (Lipinski definition) is 7. The molecule has 3 rings (SSSR count). The van der Waals surface area contributed by atoms with Crippen LogP contribution in [0.15, 0.2) is 34.1 Å². The Bertz CT molecular complexity index is 1230. The summed E-state index contributed by atoms with van der Waals surface area (Å²) < 4.78 is 17.0. The third-order valence-electron chi connectivity index (χ3n) is 6.23. The molecule has 0 radical (unpaired) electrons. The zero-order valence-electron chi connectivity index (χ0n) is 23.0.